The minimum Gasteiger partial charge on any atom is -0.391 e. The van der Waals surface area contributed by atoms with Crippen LogP contribution in [0.15, 0.2) is 30.3 Å². The zero-order valence-corrected chi connectivity index (χ0v) is 7.27. The van der Waals surface area contributed by atoms with Gasteiger partial charge in [-0.25, -0.2) is 0 Å². The van der Waals surface area contributed by atoms with E-state index in [4.69, 9.17) is 5.73 Å². The average molecular weight is 165 g/mol. The summed E-state index contributed by atoms with van der Waals surface area (Å²) in [6.07, 6.45) is 0.253. The summed E-state index contributed by atoms with van der Waals surface area (Å²) in [5, 5.41) is 9.45. The Morgan fingerprint density at radius 3 is 2.42 bits per heavy atom. The molecular weight excluding hydrogens is 150 g/mol. The lowest BCUT2D eigenvalue weighted by molar-refractivity contribution is 0.140. The monoisotopic (exact) mass is 165 g/mol. The zero-order valence-electron chi connectivity index (χ0n) is 7.27. The van der Waals surface area contributed by atoms with Gasteiger partial charge in [0.2, 0.25) is 0 Å². The van der Waals surface area contributed by atoms with Crippen molar-refractivity contribution in [1.29, 1.82) is 0 Å². The molecule has 0 unspecified atom stereocenters. The van der Waals surface area contributed by atoms with Crippen LogP contribution in [0.3, 0.4) is 0 Å². The molecule has 0 saturated heterocycles. The molecule has 66 valence electrons. The van der Waals surface area contributed by atoms with Crippen molar-refractivity contribution in [3.63, 3.8) is 0 Å². The van der Waals surface area contributed by atoms with Gasteiger partial charge in [0.25, 0.3) is 0 Å². The van der Waals surface area contributed by atoms with Crippen LogP contribution in [-0.4, -0.2) is 11.2 Å². The van der Waals surface area contributed by atoms with Crippen molar-refractivity contribution >= 4 is 0 Å². The quantitative estimate of drug-likeness (QED) is 0.712. The van der Waals surface area contributed by atoms with Gasteiger partial charge in [0.1, 0.15) is 0 Å². The molecule has 0 saturated carbocycles. The van der Waals surface area contributed by atoms with E-state index < -0.39 is 6.10 Å². The molecule has 3 N–H and O–H groups in total. The summed E-state index contributed by atoms with van der Waals surface area (Å²) in [5.41, 5.74) is 6.79. The summed E-state index contributed by atoms with van der Waals surface area (Å²) in [5.74, 6) is 0. The number of rotatable bonds is 3. The SMILES string of the molecule is CC[C@@H](O)[C@H](N)c1ccccc1. The van der Waals surface area contributed by atoms with Crippen LogP contribution < -0.4 is 5.73 Å². The molecule has 2 nitrogen and oxygen atoms in total. The maximum atomic E-state index is 9.45. The third-order valence-electron chi connectivity index (χ3n) is 2.02. The van der Waals surface area contributed by atoms with E-state index in [1.54, 1.807) is 0 Å². The molecule has 0 heterocycles. The fourth-order valence-electron chi connectivity index (χ4n) is 1.15. The summed E-state index contributed by atoms with van der Waals surface area (Å²) < 4.78 is 0. The molecule has 2 heteroatoms. The lowest BCUT2D eigenvalue weighted by Crippen LogP contribution is -2.25. The largest absolute Gasteiger partial charge is 0.391 e. The van der Waals surface area contributed by atoms with Crippen LogP contribution in [0.4, 0.5) is 0 Å². The van der Waals surface area contributed by atoms with Crippen molar-refractivity contribution < 1.29 is 5.11 Å². The van der Waals surface area contributed by atoms with Crippen molar-refractivity contribution in [2.45, 2.75) is 25.5 Å². The number of aliphatic hydroxyl groups excluding tert-OH is 1. The number of hydrogen-bond acceptors (Lipinski definition) is 2. The van der Waals surface area contributed by atoms with Crippen molar-refractivity contribution in [3.8, 4) is 0 Å². The topological polar surface area (TPSA) is 46.2 Å². The highest BCUT2D eigenvalue weighted by Gasteiger charge is 2.13. The molecule has 0 aromatic heterocycles. The molecule has 12 heavy (non-hydrogen) atoms. The van der Waals surface area contributed by atoms with E-state index in [9.17, 15) is 5.11 Å². The smallest absolute Gasteiger partial charge is 0.0730 e. The third-order valence-corrected chi connectivity index (χ3v) is 2.02. The van der Waals surface area contributed by atoms with Gasteiger partial charge >= 0.3 is 0 Å². The Bertz CT molecular complexity index is 223. The zero-order chi connectivity index (χ0) is 8.97. The second kappa shape index (κ2) is 4.24. The molecule has 0 aliphatic carbocycles. The maximum absolute atomic E-state index is 9.45. The molecule has 0 bridgehead atoms. The molecule has 1 aromatic rings. The van der Waals surface area contributed by atoms with Crippen LogP contribution in [-0.2, 0) is 0 Å². The van der Waals surface area contributed by atoms with Gasteiger partial charge in [-0.15, -0.1) is 0 Å². The maximum Gasteiger partial charge on any atom is 0.0730 e. The van der Waals surface area contributed by atoms with Gasteiger partial charge in [-0.05, 0) is 12.0 Å². The van der Waals surface area contributed by atoms with E-state index >= 15 is 0 Å². The highest BCUT2D eigenvalue weighted by atomic mass is 16.3. The van der Waals surface area contributed by atoms with Crippen LogP contribution in [0.25, 0.3) is 0 Å². The van der Waals surface area contributed by atoms with Crippen LogP contribution >= 0.6 is 0 Å². The first-order chi connectivity index (χ1) is 5.75. The standard InChI is InChI=1S/C10H15NO/c1-2-9(12)10(11)8-6-4-3-5-7-8/h3-7,9-10,12H,2,11H2,1H3/t9-,10-/m1/s1. The molecule has 0 fully saturated rings. The number of hydrogen-bond donors (Lipinski definition) is 2. The highest BCUT2D eigenvalue weighted by molar-refractivity contribution is 5.19. The minimum atomic E-state index is -0.438. The second-order valence-electron chi connectivity index (χ2n) is 2.91. The Kier molecular flexibility index (Phi) is 3.26. The Hall–Kier alpha value is -0.860. The van der Waals surface area contributed by atoms with Crippen LogP contribution in [0.1, 0.15) is 24.9 Å². The molecular formula is C10H15NO. The lowest BCUT2D eigenvalue weighted by Gasteiger charge is -2.17. The molecule has 0 aliphatic heterocycles. The van der Waals surface area contributed by atoms with Crippen molar-refractivity contribution in [3.05, 3.63) is 35.9 Å². The second-order valence-corrected chi connectivity index (χ2v) is 2.91. The Balaban J connectivity index is 2.71. The highest BCUT2D eigenvalue weighted by Crippen LogP contribution is 2.15. The molecule has 2 atom stereocenters. The van der Waals surface area contributed by atoms with E-state index in [1.807, 2.05) is 37.3 Å². The Labute approximate surface area is 73.0 Å². The van der Waals surface area contributed by atoms with Gasteiger partial charge in [0.05, 0.1) is 12.1 Å². The first-order valence-electron chi connectivity index (χ1n) is 4.24. The van der Waals surface area contributed by atoms with Gasteiger partial charge < -0.3 is 10.8 Å². The molecule has 1 aromatic carbocycles. The Morgan fingerprint density at radius 2 is 1.92 bits per heavy atom. The van der Waals surface area contributed by atoms with Gasteiger partial charge in [0.15, 0.2) is 0 Å². The fraction of sp³-hybridized carbons (Fsp3) is 0.400. The summed E-state index contributed by atoms with van der Waals surface area (Å²) in [7, 11) is 0. The van der Waals surface area contributed by atoms with E-state index in [0.717, 1.165) is 5.56 Å². The first kappa shape index (κ1) is 9.23. The van der Waals surface area contributed by atoms with E-state index in [1.165, 1.54) is 0 Å². The lowest BCUT2D eigenvalue weighted by atomic mass is 10.0. The fourth-order valence-corrected chi connectivity index (χ4v) is 1.15. The van der Waals surface area contributed by atoms with Gasteiger partial charge in [0, 0.05) is 0 Å². The predicted octanol–water partition coefficient (Wildman–Crippen LogP) is 1.46. The predicted molar refractivity (Wildman–Crippen MR) is 49.7 cm³/mol. The minimum absolute atomic E-state index is 0.254. The molecule has 0 radical (unpaired) electrons. The van der Waals surface area contributed by atoms with Gasteiger partial charge in [-0.1, -0.05) is 37.3 Å². The van der Waals surface area contributed by atoms with Crippen LogP contribution in [0, 0.1) is 0 Å². The third kappa shape index (κ3) is 2.06. The van der Waals surface area contributed by atoms with Gasteiger partial charge in [-0.2, -0.15) is 0 Å². The van der Waals surface area contributed by atoms with E-state index in [2.05, 4.69) is 0 Å². The van der Waals surface area contributed by atoms with E-state index in [0.29, 0.717) is 6.42 Å². The Morgan fingerprint density at radius 1 is 1.33 bits per heavy atom. The van der Waals surface area contributed by atoms with Crippen LogP contribution in [0.5, 0.6) is 0 Å². The summed E-state index contributed by atoms with van der Waals surface area (Å²) in [6, 6.07) is 9.41. The van der Waals surface area contributed by atoms with Crippen molar-refractivity contribution in [2.24, 2.45) is 5.73 Å². The number of nitrogens with two attached hydrogens (primary N) is 1. The van der Waals surface area contributed by atoms with Crippen LogP contribution in [0.2, 0.25) is 0 Å². The molecule has 0 amide bonds. The van der Waals surface area contributed by atoms with E-state index in [-0.39, 0.29) is 6.04 Å². The molecule has 0 spiro atoms. The van der Waals surface area contributed by atoms with Crippen molar-refractivity contribution in [1.82, 2.24) is 0 Å². The summed E-state index contributed by atoms with van der Waals surface area (Å²) >= 11 is 0. The number of benzene rings is 1. The number of aliphatic hydroxyl groups is 1. The first-order valence-corrected chi connectivity index (χ1v) is 4.24. The van der Waals surface area contributed by atoms with Gasteiger partial charge in [-0.3, -0.25) is 0 Å². The molecule has 0 aliphatic rings. The average Bonchev–Trinajstić information content (AvgIpc) is 2.17. The summed E-state index contributed by atoms with van der Waals surface area (Å²) in [6.45, 7) is 1.92. The normalized spacial score (nSPS) is 15.6. The van der Waals surface area contributed by atoms with Crippen molar-refractivity contribution in [2.75, 3.05) is 0 Å². The summed E-state index contributed by atoms with van der Waals surface area (Å²) in [4.78, 5) is 0. The molecule has 1 rings (SSSR count).